The Morgan fingerprint density at radius 1 is 0.968 bits per heavy atom. The van der Waals surface area contributed by atoms with Crippen molar-refractivity contribution >= 4 is 17.7 Å². The summed E-state index contributed by atoms with van der Waals surface area (Å²) in [4.78, 5) is 40.9. The molecule has 2 aliphatic heterocycles. The summed E-state index contributed by atoms with van der Waals surface area (Å²) < 4.78 is 15.4. The van der Waals surface area contributed by atoms with Crippen molar-refractivity contribution < 1.29 is 18.8 Å². The van der Waals surface area contributed by atoms with Gasteiger partial charge in [0.1, 0.15) is 0 Å². The van der Waals surface area contributed by atoms with Gasteiger partial charge in [-0.15, -0.1) is 0 Å². The third kappa shape index (κ3) is 4.04. The first-order valence-electron chi connectivity index (χ1n) is 10.7. The number of unbranched alkanes of at least 4 members (excludes halogenated alkanes) is 2. The summed E-state index contributed by atoms with van der Waals surface area (Å²) in [6.45, 7) is 3.63. The Bertz CT molecular complexity index is 1020. The van der Waals surface area contributed by atoms with Crippen molar-refractivity contribution in [3.05, 3.63) is 70.8 Å². The minimum Gasteiger partial charge on any atom is -0.349 e. The standard InChI is InChI=1S/C24H26FN3O3/c1-2-3-6-10-27-11-9-18-15-26(16-21(18)22(27)29)13-17(12-25)14-28-23(30)19-7-4-5-8-20(19)24(28)31/h4-5,7-8,12,15-16H,2-3,6,9-11,13-14H2,1H3/b17-12-. The van der Waals surface area contributed by atoms with Crippen molar-refractivity contribution in [3.8, 4) is 0 Å². The zero-order chi connectivity index (χ0) is 22.0. The van der Waals surface area contributed by atoms with Crippen molar-refractivity contribution in [2.75, 3.05) is 19.6 Å². The van der Waals surface area contributed by atoms with Crippen molar-refractivity contribution in [3.63, 3.8) is 0 Å². The SMILES string of the molecule is CCCCCN1CCc2cn(C/C(=C/F)CN3C(=O)c4ccccc4C3=O)cc2C1=O. The molecule has 0 fully saturated rings. The number of carbonyl (C=O) groups is 3. The lowest BCUT2D eigenvalue weighted by molar-refractivity contribution is 0.0665. The maximum Gasteiger partial charge on any atom is 0.261 e. The number of fused-ring (bicyclic) bond motifs is 2. The van der Waals surface area contributed by atoms with Gasteiger partial charge in [-0.2, -0.15) is 0 Å². The van der Waals surface area contributed by atoms with Gasteiger partial charge in [-0.3, -0.25) is 19.3 Å². The predicted molar refractivity (Wildman–Crippen MR) is 115 cm³/mol. The average molecular weight is 423 g/mol. The summed E-state index contributed by atoms with van der Waals surface area (Å²) >= 11 is 0. The number of hydrogen-bond acceptors (Lipinski definition) is 3. The quantitative estimate of drug-likeness (QED) is 0.479. The van der Waals surface area contributed by atoms with Crippen LogP contribution in [-0.2, 0) is 13.0 Å². The Kier molecular flexibility index (Phi) is 6.02. The van der Waals surface area contributed by atoms with Gasteiger partial charge in [-0.25, -0.2) is 4.39 Å². The van der Waals surface area contributed by atoms with Crippen molar-refractivity contribution in [2.45, 2.75) is 39.2 Å². The lowest BCUT2D eigenvalue weighted by Gasteiger charge is -2.26. The smallest absolute Gasteiger partial charge is 0.261 e. The van der Waals surface area contributed by atoms with E-state index in [1.54, 1.807) is 35.0 Å². The molecule has 3 heterocycles. The van der Waals surface area contributed by atoms with Gasteiger partial charge in [-0.05, 0) is 36.1 Å². The topological polar surface area (TPSA) is 62.6 Å². The number of imide groups is 1. The molecule has 0 unspecified atom stereocenters. The molecule has 31 heavy (non-hydrogen) atoms. The first-order chi connectivity index (χ1) is 15.0. The van der Waals surface area contributed by atoms with E-state index in [4.69, 9.17) is 0 Å². The van der Waals surface area contributed by atoms with Crippen molar-refractivity contribution in [1.29, 1.82) is 0 Å². The van der Waals surface area contributed by atoms with Gasteiger partial charge in [0.25, 0.3) is 17.7 Å². The van der Waals surface area contributed by atoms with Crippen molar-refractivity contribution in [1.82, 2.24) is 14.4 Å². The lowest BCUT2D eigenvalue weighted by atomic mass is 10.0. The molecule has 0 saturated carbocycles. The number of halogens is 1. The number of rotatable bonds is 8. The highest BCUT2D eigenvalue weighted by Gasteiger charge is 2.35. The minimum absolute atomic E-state index is 0.0160. The van der Waals surface area contributed by atoms with E-state index in [2.05, 4.69) is 6.92 Å². The van der Waals surface area contributed by atoms with Gasteiger partial charge in [0.05, 0.1) is 29.6 Å². The maximum atomic E-state index is 13.7. The molecular weight excluding hydrogens is 397 g/mol. The van der Waals surface area contributed by atoms with Crippen LogP contribution in [0.15, 0.2) is 48.6 Å². The van der Waals surface area contributed by atoms with E-state index < -0.39 is 11.8 Å². The summed E-state index contributed by atoms with van der Waals surface area (Å²) in [5.74, 6) is -0.809. The summed E-state index contributed by atoms with van der Waals surface area (Å²) in [5.41, 5.74) is 2.58. The zero-order valence-electron chi connectivity index (χ0n) is 17.6. The van der Waals surface area contributed by atoms with E-state index in [9.17, 15) is 18.8 Å². The Labute approximate surface area is 180 Å². The van der Waals surface area contributed by atoms with Crippen LogP contribution in [0.2, 0.25) is 0 Å². The number of nitrogens with zero attached hydrogens (tertiary/aromatic N) is 3. The molecule has 6 nitrogen and oxygen atoms in total. The molecule has 0 atom stereocenters. The fourth-order valence-electron chi connectivity index (χ4n) is 4.27. The van der Waals surface area contributed by atoms with Crippen LogP contribution in [0, 0.1) is 0 Å². The van der Waals surface area contributed by atoms with E-state index in [0.29, 0.717) is 29.6 Å². The van der Waals surface area contributed by atoms with Gasteiger partial charge in [-0.1, -0.05) is 31.9 Å². The fraction of sp³-hybridized carbons (Fsp3) is 0.375. The minimum atomic E-state index is -0.412. The monoisotopic (exact) mass is 423 g/mol. The van der Waals surface area contributed by atoms with Crippen LogP contribution in [0.25, 0.3) is 0 Å². The van der Waals surface area contributed by atoms with Crippen LogP contribution in [0.5, 0.6) is 0 Å². The Balaban J connectivity index is 1.44. The highest BCUT2D eigenvalue weighted by Crippen LogP contribution is 2.25. The van der Waals surface area contributed by atoms with E-state index in [1.807, 2.05) is 11.1 Å². The highest BCUT2D eigenvalue weighted by molar-refractivity contribution is 6.21. The molecule has 0 N–H and O–H groups in total. The van der Waals surface area contributed by atoms with Gasteiger partial charge < -0.3 is 9.47 Å². The molecule has 1 aromatic carbocycles. The Morgan fingerprint density at radius 2 is 1.68 bits per heavy atom. The Hall–Kier alpha value is -3.22. The fourth-order valence-corrected chi connectivity index (χ4v) is 4.27. The molecule has 2 aliphatic rings. The molecule has 162 valence electrons. The summed E-state index contributed by atoms with van der Waals surface area (Å²) in [6.07, 6.45) is 8.02. The molecule has 4 rings (SSSR count). The average Bonchev–Trinajstić information content (AvgIpc) is 3.30. The third-order valence-electron chi connectivity index (χ3n) is 5.94. The van der Waals surface area contributed by atoms with E-state index in [0.717, 1.165) is 42.7 Å². The molecule has 0 aliphatic carbocycles. The maximum absolute atomic E-state index is 13.7. The molecule has 0 radical (unpaired) electrons. The van der Waals surface area contributed by atoms with E-state index in [1.165, 1.54) is 0 Å². The van der Waals surface area contributed by atoms with Crippen LogP contribution < -0.4 is 0 Å². The molecule has 3 amide bonds. The number of benzene rings is 1. The molecule has 2 aromatic rings. The summed E-state index contributed by atoms with van der Waals surface area (Å²) in [6, 6.07) is 6.61. The molecule has 0 saturated heterocycles. The number of carbonyl (C=O) groups excluding carboxylic acids is 3. The molecule has 1 aromatic heterocycles. The number of hydrogen-bond donors (Lipinski definition) is 0. The molecule has 0 bridgehead atoms. The summed E-state index contributed by atoms with van der Waals surface area (Å²) in [7, 11) is 0. The first-order valence-corrected chi connectivity index (χ1v) is 10.7. The Morgan fingerprint density at radius 3 is 2.32 bits per heavy atom. The molecular formula is C24H26FN3O3. The first kappa shape index (κ1) is 21.0. The number of amides is 3. The highest BCUT2D eigenvalue weighted by atomic mass is 19.1. The van der Waals surface area contributed by atoms with Gasteiger partial charge in [0.15, 0.2) is 0 Å². The van der Waals surface area contributed by atoms with Gasteiger partial charge in [0.2, 0.25) is 0 Å². The lowest BCUT2D eigenvalue weighted by Crippen LogP contribution is -2.37. The van der Waals surface area contributed by atoms with E-state index >= 15 is 0 Å². The number of aromatic nitrogens is 1. The van der Waals surface area contributed by atoms with Crippen LogP contribution in [0.4, 0.5) is 4.39 Å². The van der Waals surface area contributed by atoms with Crippen LogP contribution in [-0.4, -0.2) is 51.7 Å². The molecule has 0 spiro atoms. The van der Waals surface area contributed by atoms with Gasteiger partial charge >= 0.3 is 0 Å². The zero-order valence-corrected chi connectivity index (χ0v) is 17.6. The van der Waals surface area contributed by atoms with Crippen LogP contribution in [0.3, 0.4) is 0 Å². The predicted octanol–water partition coefficient (Wildman–Crippen LogP) is 3.83. The van der Waals surface area contributed by atoms with Crippen LogP contribution >= 0.6 is 0 Å². The second-order valence-corrected chi connectivity index (χ2v) is 8.13. The normalized spacial score (nSPS) is 16.2. The second kappa shape index (κ2) is 8.88. The summed E-state index contributed by atoms with van der Waals surface area (Å²) in [5, 5.41) is 0. The largest absolute Gasteiger partial charge is 0.349 e. The third-order valence-corrected chi connectivity index (χ3v) is 5.94. The van der Waals surface area contributed by atoms with E-state index in [-0.39, 0.29) is 24.6 Å². The molecule has 7 heteroatoms. The van der Waals surface area contributed by atoms with Gasteiger partial charge in [0, 0.05) is 32.0 Å². The van der Waals surface area contributed by atoms with Crippen LogP contribution in [0.1, 0.15) is 62.8 Å². The second-order valence-electron chi connectivity index (χ2n) is 8.13. The van der Waals surface area contributed by atoms with Crippen molar-refractivity contribution in [2.24, 2.45) is 0 Å².